The van der Waals surface area contributed by atoms with E-state index in [1.165, 1.54) is 0 Å². The van der Waals surface area contributed by atoms with E-state index in [4.69, 9.17) is 0 Å². The molecular formula is C29H19N3O. The molecule has 0 unspecified atom stereocenters. The topological polar surface area (TPSA) is 47.8 Å². The molecule has 0 aliphatic carbocycles. The quantitative estimate of drug-likeness (QED) is 0.314. The monoisotopic (exact) mass is 425 g/mol. The number of benzene rings is 3. The van der Waals surface area contributed by atoms with Gasteiger partial charge >= 0.3 is 0 Å². The minimum atomic E-state index is -0.0860. The van der Waals surface area contributed by atoms with Crippen LogP contribution >= 0.6 is 0 Å². The molecule has 0 fully saturated rings. The van der Waals surface area contributed by atoms with Crippen LogP contribution in [0.5, 0.6) is 0 Å². The summed E-state index contributed by atoms with van der Waals surface area (Å²) < 4.78 is 1.77. The summed E-state index contributed by atoms with van der Waals surface area (Å²) in [5.74, 6) is 0. The van der Waals surface area contributed by atoms with Crippen molar-refractivity contribution in [1.82, 2.24) is 14.5 Å². The molecular weight excluding hydrogens is 406 g/mol. The van der Waals surface area contributed by atoms with Gasteiger partial charge in [0.15, 0.2) is 0 Å². The van der Waals surface area contributed by atoms with Crippen LogP contribution in [0.3, 0.4) is 0 Å². The summed E-state index contributed by atoms with van der Waals surface area (Å²) in [5, 5.41) is 2.41. The molecule has 0 aliphatic heterocycles. The second-order valence-corrected chi connectivity index (χ2v) is 7.96. The highest BCUT2D eigenvalue weighted by Gasteiger charge is 2.14. The summed E-state index contributed by atoms with van der Waals surface area (Å²) >= 11 is 0. The summed E-state index contributed by atoms with van der Waals surface area (Å²) in [6.07, 6.45) is 6.91. The first kappa shape index (κ1) is 19.1. The zero-order valence-corrected chi connectivity index (χ0v) is 17.7. The third-order valence-corrected chi connectivity index (χ3v) is 5.98. The molecule has 4 nitrogen and oxygen atoms in total. The van der Waals surface area contributed by atoms with Crippen molar-refractivity contribution in [1.29, 1.82) is 0 Å². The Hall–Kier alpha value is -4.57. The van der Waals surface area contributed by atoms with Crippen molar-refractivity contribution in [3.05, 3.63) is 126 Å². The molecule has 0 bridgehead atoms. The maximum absolute atomic E-state index is 13.7. The molecule has 0 radical (unpaired) electrons. The van der Waals surface area contributed by atoms with Crippen LogP contribution in [0.2, 0.25) is 0 Å². The highest BCUT2D eigenvalue weighted by molar-refractivity contribution is 6.05. The van der Waals surface area contributed by atoms with E-state index in [1.54, 1.807) is 35.4 Å². The Morgan fingerprint density at radius 3 is 1.76 bits per heavy atom. The Morgan fingerprint density at radius 2 is 1.12 bits per heavy atom. The second-order valence-electron chi connectivity index (χ2n) is 7.96. The van der Waals surface area contributed by atoms with Gasteiger partial charge in [-0.3, -0.25) is 19.3 Å². The first-order valence-electron chi connectivity index (χ1n) is 10.8. The van der Waals surface area contributed by atoms with E-state index in [0.717, 1.165) is 44.2 Å². The zero-order valence-electron chi connectivity index (χ0n) is 17.7. The smallest absolute Gasteiger partial charge is 0.263 e. The molecule has 0 saturated heterocycles. The highest BCUT2D eigenvalue weighted by Crippen LogP contribution is 2.31. The maximum atomic E-state index is 13.7. The van der Waals surface area contributed by atoms with Crippen molar-refractivity contribution < 1.29 is 0 Å². The molecule has 3 heterocycles. The first-order valence-corrected chi connectivity index (χ1v) is 10.8. The lowest BCUT2D eigenvalue weighted by Crippen LogP contribution is -2.19. The van der Waals surface area contributed by atoms with Gasteiger partial charge in [-0.2, -0.15) is 0 Å². The van der Waals surface area contributed by atoms with Crippen molar-refractivity contribution in [2.45, 2.75) is 0 Å². The fraction of sp³-hybridized carbons (Fsp3) is 0. The van der Waals surface area contributed by atoms with E-state index in [1.807, 2.05) is 42.5 Å². The van der Waals surface area contributed by atoms with Crippen LogP contribution in [-0.2, 0) is 0 Å². The van der Waals surface area contributed by atoms with Crippen LogP contribution in [0.25, 0.3) is 49.6 Å². The lowest BCUT2D eigenvalue weighted by atomic mass is 9.97. The third-order valence-electron chi connectivity index (χ3n) is 5.98. The molecule has 33 heavy (non-hydrogen) atoms. The largest absolute Gasteiger partial charge is 0.275 e. The van der Waals surface area contributed by atoms with Gasteiger partial charge in [-0.1, -0.05) is 60.7 Å². The highest BCUT2D eigenvalue weighted by atomic mass is 16.1. The Kier molecular flexibility index (Phi) is 4.55. The summed E-state index contributed by atoms with van der Waals surface area (Å²) in [5.41, 5.74) is 5.76. The fourth-order valence-electron chi connectivity index (χ4n) is 4.41. The Balaban J connectivity index is 1.72. The molecule has 0 saturated carbocycles. The molecule has 6 aromatic rings. The average molecular weight is 425 g/mol. The minimum absolute atomic E-state index is 0.0860. The number of aromatic nitrogens is 3. The van der Waals surface area contributed by atoms with E-state index in [-0.39, 0.29) is 5.56 Å². The predicted molar refractivity (Wildman–Crippen MR) is 134 cm³/mol. The number of nitrogens with zero attached hydrogens (tertiary/aromatic N) is 3. The zero-order chi connectivity index (χ0) is 22.2. The molecule has 4 heteroatoms. The third kappa shape index (κ3) is 3.29. The number of pyridine rings is 3. The van der Waals surface area contributed by atoms with Gasteiger partial charge in [0.25, 0.3) is 5.56 Å². The lowest BCUT2D eigenvalue weighted by molar-refractivity contribution is 1.05. The number of hydrogen-bond donors (Lipinski definition) is 0. The number of hydrogen-bond acceptors (Lipinski definition) is 3. The average Bonchev–Trinajstić information content (AvgIpc) is 2.90. The van der Waals surface area contributed by atoms with E-state index >= 15 is 0 Å². The molecule has 0 aliphatic rings. The van der Waals surface area contributed by atoms with Gasteiger partial charge in [-0.25, -0.2) is 0 Å². The molecule has 0 N–H and O–H groups in total. The Morgan fingerprint density at radius 1 is 0.545 bits per heavy atom. The lowest BCUT2D eigenvalue weighted by Gasteiger charge is -2.16. The van der Waals surface area contributed by atoms with Gasteiger partial charge in [-0.05, 0) is 52.6 Å². The SMILES string of the molecule is O=c1c2ccncc2c2ccncc2n1-c1cc(-c2ccccc2)cc(-c2ccccc2)c1. The summed E-state index contributed by atoms with van der Waals surface area (Å²) in [7, 11) is 0. The van der Waals surface area contributed by atoms with Crippen LogP contribution < -0.4 is 5.56 Å². The van der Waals surface area contributed by atoms with Crippen LogP contribution in [0, 0.1) is 0 Å². The van der Waals surface area contributed by atoms with E-state index in [2.05, 4.69) is 52.4 Å². The molecule has 0 atom stereocenters. The van der Waals surface area contributed by atoms with Gasteiger partial charge in [0.1, 0.15) is 0 Å². The minimum Gasteiger partial charge on any atom is -0.275 e. The molecule has 0 amide bonds. The molecule has 3 aromatic carbocycles. The molecule has 156 valence electrons. The molecule has 3 aromatic heterocycles. The van der Waals surface area contributed by atoms with Crippen LogP contribution in [-0.4, -0.2) is 14.5 Å². The number of fused-ring (bicyclic) bond motifs is 3. The van der Waals surface area contributed by atoms with E-state index in [9.17, 15) is 4.79 Å². The van der Waals surface area contributed by atoms with Gasteiger partial charge in [0, 0.05) is 29.4 Å². The first-order chi connectivity index (χ1) is 16.3. The standard InChI is InChI=1S/C29H19N3O/c33-29-26-12-14-30-18-27(26)25-11-13-31-19-28(25)32(29)24-16-22(20-7-3-1-4-8-20)15-23(17-24)21-9-5-2-6-10-21/h1-19H. The normalized spacial score (nSPS) is 11.2. The van der Waals surface area contributed by atoms with Crippen molar-refractivity contribution in [3.8, 4) is 27.9 Å². The van der Waals surface area contributed by atoms with E-state index < -0.39 is 0 Å². The van der Waals surface area contributed by atoms with Crippen LogP contribution in [0.4, 0.5) is 0 Å². The Bertz CT molecular complexity index is 1620. The van der Waals surface area contributed by atoms with Gasteiger partial charge in [-0.15, -0.1) is 0 Å². The van der Waals surface area contributed by atoms with Crippen molar-refractivity contribution in [2.75, 3.05) is 0 Å². The summed E-state index contributed by atoms with van der Waals surface area (Å²) in [6, 6.07) is 30.5. The maximum Gasteiger partial charge on any atom is 0.263 e. The van der Waals surface area contributed by atoms with Gasteiger partial charge in [0.05, 0.1) is 22.8 Å². The van der Waals surface area contributed by atoms with Gasteiger partial charge < -0.3 is 0 Å². The second kappa shape index (κ2) is 7.84. The van der Waals surface area contributed by atoms with Crippen molar-refractivity contribution in [2.24, 2.45) is 0 Å². The predicted octanol–water partition coefficient (Wildman–Crippen LogP) is 6.27. The van der Waals surface area contributed by atoms with Crippen LogP contribution in [0.15, 0.2) is 121 Å². The fourth-order valence-corrected chi connectivity index (χ4v) is 4.41. The van der Waals surface area contributed by atoms with Crippen molar-refractivity contribution >= 4 is 21.7 Å². The summed E-state index contributed by atoms with van der Waals surface area (Å²) in [6.45, 7) is 0. The van der Waals surface area contributed by atoms with Crippen molar-refractivity contribution in [3.63, 3.8) is 0 Å². The van der Waals surface area contributed by atoms with Gasteiger partial charge in [0.2, 0.25) is 0 Å². The molecule has 6 rings (SSSR count). The Labute approximate surface area is 190 Å². The molecule has 0 spiro atoms. The van der Waals surface area contributed by atoms with E-state index in [0.29, 0.717) is 5.39 Å². The number of rotatable bonds is 3. The van der Waals surface area contributed by atoms with Crippen LogP contribution in [0.1, 0.15) is 0 Å². The summed E-state index contributed by atoms with van der Waals surface area (Å²) in [4.78, 5) is 22.3.